The molecule has 0 bridgehead atoms. The summed E-state index contributed by atoms with van der Waals surface area (Å²) >= 11 is 1.64. The minimum atomic E-state index is 0.0211. The van der Waals surface area contributed by atoms with Crippen LogP contribution < -0.4 is 0 Å². The molecule has 4 heteroatoms. The largest absolute Gasteiger partial charge is 0.316 e. The summed E-state index contributed by atoms with van der Waals surface area (Å²) in [5, 5.41) is 0.0211. The minimum Gasteiger partial charge on any atom is -0.316 e. The summed E-state index contributed by atoms with van der Waals surface area (Å²) in [6.07, 6.45) is 6.33. The average molecular weight is 251 g/mol. The number of allylic oxidation sites excluding steroid dienone is 1. The lowest BCUT2D eigenvalue weighted by atomic mass is 9.84. The molecule has 0 saturated carbocycles. The zero-order valence-corrected chi connectivity index (χ0v) is 10.9. The van der Waals surface area contributed by atoms with Crippen molar-refractivity contribution in [2.75, 3.05) is 12.8 Å². The number of thioether (sulfide) groups is 1. The summed E-state index contributed by atoms with van der Waals surface area (Å²) in [5.41, 5.74) is 2.49. The topological polar surface area (TPSA) is 37.4 Å². The molecule has 92 valence electrons. The van der Waals surface area contributed by atoms with Crippen LogP contribution in [0.1, 0.15) is 32.1 Å². The monoisotopic (exact) mass is 251 g/mol. The SMILES string of the molecule is CSC1C(=O)CC2CC(=O)N3CCCCC1=C23. The molecule has 2 aliphatic heterocycles. The van der Waals surface area contributed by atoms with E-state index in [0.717, 1.165) is 25.8 Å². The molecule has 0 aromatic heterocycles. The molecular weight excluding hydrogens is 234 g/mol. The number of carbonyl (C=O) groups is 2. The highest BCUT2D eigenvalue weighted by Crippen LogP contribution is 2.44. The van der Waals surface area contributed by atoms with Crippen LogP contribution in [0.4, 0.5) is 0 Å². The van der Waals surface area contributed by atoms with E-state index in [4.69, 9.17) is 0 Å². The molecule has 0 spiro atoms. The number of nitrogens with zero attached hydrogens (tertiary/aromatic N) is 1. The van der Waals surface area contributed by atoms with E-state index in [1.54, 1.807) is 11.8 Å². The van der Waals surface area contributed by atoms with Gasteiger partial charge in [-0.2, -0.15) is 0 Å². The molecule has 17 heavy (non-hydrogen) atoms. The van der Waals surface area contributed by atoms with Gasteiger partial charge in [0.15, 0.2) is 5.78 Å². The van der Waals surface area contributed by atoms with Crippen molar-refractivity contribution in [3.8, 4) is 0 Å². The van der Waals surface area contributed by atoms with Crippen molar-refractivity contribution in [1.29, 1.82) is 0 Å². The predicted octanol–water partition coefficient (Wildman–Crippen LogP) is 1.98. The smallest absolute Gasteiger partial charge is 0.227 e. The van der Waals surface area contributed by atoms with Crippen molar-refractivity contribution in [2.45, 2.75) is 37.4 Å². The number of hydrogen-bond acceptors (Lipinski definition) is 3. The van der Waals surface area contributed by atoms with Gasteiger partial charge in [-0.05, 0) is 31.1 Å². The first-order chi connectivity index (χ1) is 8.22. The Morgan fingerprint density at radius 3 is 2.82 bits per heavy atom. The van der Waals surface area contributed by atoms with Crippen LogP contribution in [0.15, 0.2) is 11.3 Å². The third kappa shape index (κ3) is 1.65. The number of Topliss-reactive ketones (excluding diaryl/α,β-unsaturated/α-hetero) is 1. The molecule has 2 heterocycles. The van der Waals surface area contributed by atoms with Gasteiger partial charge in [-0.1, -0.05) is 0 Å². The molecule has 3 rings (SSSR count). The maximum Gasteiger partial charge on any atom is 0.227 e. The van der Waals surface area contributed by atoms with Crippen LogP contribution in [-0.2, 0) is 9.59 Å². The van der Waals surface area contributed by atoms with E-state index in [1.807, 2.05) is 11.2 Å². The van der Waals surface area contributed by atoms with Crippen LogP contribution in [0.3, 0.4) is 0 Å². The molecular formula is C13H17NO2S. The standard InChI is InChI=1S/C13H17NO2S/c1-17-13-9-4-2-3-5-14-11(16)7-8(12(9)14)6-10(13)15/h8,13H,2-7H2,1H3. The summed E-state index contributed by atoms with van der Waals surface area (Å²) < 4.78 is 0. The number of amides is 1. The zero-order valence-electron chi connectivity index (χ0n) is 10.1. The number of carbonyl (C=O) groups excluding carboxylic acids is 2. The third-order valence-corrected chi connectivity index (χ3v) is 5.12. The summed E-state index contributed by atoms with van der Waals surface area (Å²) in [7, 11) is 0. The van der Waals surface area contributed by atoms with Gasteiger partial charge in [-0.3, -0.25) is 9.59 Å². The Hall–Kier alpha value is -0.770. The quantitative estimate of drug-likeness (QED) is 0.715. The molecule has 1 amide bonds. The molecule has 3 nitrogen and oxygen atoms in total. The van der Waals surface area contributed by atoms with Gasteiger partial charge in [-0.15, -0.1) is 11.8 Å². The Morgan fingerprint density at radius 1 is 1.24 bits per heavy atom. The van der Waals surface area contributed by atoms with Crippen LogP contribution in [-0.4, -0.2) is 34.6 Å². The van der Waals surface area contributed by atoms with Crippen LogP contribution in [0, 0.1) is 5.92 Å². The Balaban J connectivity index is 2.09. The van der Waals surface area contributed by atoms with E-state index < -0.39 is 0 Å². The van der Waals surface area contributed by atoms with Crippen LogP contribution in [0.25, 0.3) is 0 Å². The van der Waals surface area contributed by atoms with Gasteiger partial charge in [0.05, 0.1) is 5.25 Å². The van der Waals surface area contributed by atoms with Crippen molar-refractivity contribution < 1.29 is 9.59 Å². The lowest BCUT2D eigenvalue weighted by Crippen LogP contribution is -2.32. The first-order valence-electron chi connectivity index (χ1n) is 6.31. The molecule has 0 aromatic carbocycles. The van der Waals surface area contributed by atoms with Crippen LogP contribution in [0.5, 0.6) is 0 Å². The third-order valence-electron chi connectivity index (χ3n) is 4.10. The van der Waals surface area contributed by atoms with Crippen molar-refractivity contribution in [3.63, 3.8) is 0 Å². The number of hydrogen-bond donors (Lipinski definition) is 0. The normalized spacial score (nSPS) is 32.9. The van der Waals surface area contributed by atoms with Gasteiger partial charge in [0.1, 0.15) is 0 Å². The predicted molar refractivity (Wildman–Crippen MR) is 67.6 cm³/mol. The van der Waals surface area contributed by atoms with Crippen molar-refractivity contribution in [3.05, 3.63) is 11.3 Å². The van der Waals surface area contributed by atoms with Crippen LogP contribution in [0.2, 0.25) is 0 Å². The Bertz CT molecular complexity index is 416. The molecule has 1 saturated heterocycles. The van der Waals surface area contributed by atoms with Gasteiger partial charge in [-0.25, -0.2) is 0 Å². The van der Waals surface area contributed by atoms with E-state index in [0.29, 0.717) is 18.6 Å². The zero-order chi connectivity index (χ0) is 12.0. The van der Waals surface area contributed by atoms with E-state index in [-0.39, 0.29) is 17.1 Å². The van der Waals surface area contributed by atoms with Gasteiger partial charge < -0.3 is 4.90 Å². The summed E-state index contributed by atoms with van der Waals surface area (Å²) in [5.74, 6) is 0.767. The van der Waals surface area contributed by atoms with E-state index in [2.05, 4.69) is 0 Å². The van der Waals surface area contributed by atoms with Crippen molar-refractivity contribution >= 4 is 23.5 Å². The second kappa shape index (κ2) is 4.16. The Morgan fingerprint density at radius 2 is 2.06 bits per heavy atom. The van der Waals surface area contributed by atoms with Gasteiger partial charge >= 0.3 is 0 Å². The van der Waals surface area contributed by atoms with Crippen molar-refractivity contribution in [2.24, 2.45) is 5.92 Å². The van der Waals surface area contributed by atoms with Crippen LogP contribution >= 0.6 is 11.8 Å². The maximum atomic E-state index is 12.1. The lowest BCUT2D eigenvalue weighted by molar-refractivity contribution is -0.126. The fraction of sp³-hybridized carbons (Fsp3) is 0.692. The molecule has 2 atom stereocenters. The summed E-state index contributed by atoms with van der Waals surface area (Å²) in [6, 6.07) is 0. The van der Waals surface area contributed by atoms with Gasteiger partial charge in [0.2, 0.25) is 5.91 Å². The summed E-state index contributed by atoms with van der Waals surface area (Å²) in [6.45, 7) is 0.865. The number of ketones is 1. The molecule has 0 radical (unpaired) electrons. The maximum absolute atomic E-state index is 12.1. The second-order valence-electron chi connectivity index (χ2n) is 5.10. The average Bonchev–Trinajstić information content (AvgIpc) is 2.50. The molecule has 1 aliphatic carbocycles. The molecule has 1 fully saturated rings. The number of rotatable bonds is 1. The highest BCUT2D eigenvalue weighted by Gasteiger charge is 2.44. The Kier molecular flexibility index (Phi) is 2.77. The second-order valence-corrected chi connectivity index (χ2v) is 6.04. The van der Waals surface area contributed by atoms with E-state index >= 15 is 0 Å². The van der Waals surface area contributed by atoms with Gasteiger partial charge in [0.25, 0.3) is 0 Å². The Labute approximate surface area is 106 Å². The minimum absolute atomic E-state index is 0.0211. The first-order valence-corrected chi connectivity index (χ1v) is 7.60. The van der Waals surface area contributed by atoms with Crippen molar-refractivity contribution in [1.82, 2.24) is 4.90 Å². The van der Waals surface area contributed by atoms with Gasteiger partial charge in [0, 0.05) is 31.0 Å². The molecule has 3 aliphatic rings. The van der Waals surface area contributed by atoms with E-state index in [9.17, 15) is 9.59 Å². The fourth-order valence-corrected chi connectivity index (χ4v) is 4.30. The fourth-order valence-electron chi connectivity index (χ4n) is 3.42. The molecule has 0 N–H and O–H groups in total. The highest BCUT2D eigenvalue weighted by molar-refractivity contribution is 8.00. The summed E-state index contributed by atoms with van der Waals surface area (Å²) in [4.78, 5) is 26.1. The highest BCUT2D eigenvalue weighted by atomic mass is 32.2. The molecule has 0 aromatic rings. The lowest BCUT2D eigenvalue weighted by Gasteiger charge is -2.30. The molecule has 2 unspecified atom stereocenters. The first kappa shape index (κ1) is 11.3. The van der Waals surface area contributed by atoms with E-state index in [1.165, 1.54) is 11.3 Å².